The van der Waals surface area contributed by atoms with Gasteiger partial charge < -0.3 is 13.7 Å². The van der Waals surface area contributed by atoms with Crippen molar-refractivity contribution in [2.24, 2.45) is 0 Å². The van der Waals surface area contributed by atoms with E-state index in [0.29, 0.717) is 0 Å². The largest absolute Gasteiger partial charge is 0.456 e. The lowest BCUT2D eigenvalue weighted by molar-refractivity contribution is 0.663. The molecular weight excluding hydrogens is 707 g/mol. The van der Waals surface area contributed by atoms with Crippen molar-refractivity contribution in [2.75, 3.05) is 4.90 Å². The van der Waals surface area contributed by atoms with Gasteiger partial charge in [-0.3, -0.25) is 0 Å². The van der Waals surface area contributed by atoms with E-state index in [-0.39, 0.29) is 0 Å². The summed E-state index contributed by atoms with van der Waals surface area (Å²) >= 11 is 0. The summed E-state index contributed by atoms with van der Waals surface area (Å²) in [4.78, 5) is 2.42. The van der Waals surface area contributed by atoms with Crippen LogP contribution in [0, 0.1) is 0 Å². The summed E-state index contributed by atoms with van der Waals surface area (Å²) in [5, 5.41) is 4.30. The Morgan fingerprint density at radius 2 is 0.914 bits per heavy atom. The molecule has 2 aromatic heterocycles. The van der Waals surface area contributed by atoms with Gasteiger partial charge in [0.15, 0.2) is 0 Å². The number of para-hydroxylation sites is 2. The van der Waals surface area contributed by atoms with Gasteiger partial charge in [0.05, 0.1) is 11.1 Å². The smallest absolute Gasteiger partial charge is 0.145 e. The van der Waals surface area contributed by atoms with Crippen molar-refractivity contribution in [3.63, 3.8) is 0 Å². The van der Waals surface area contributed by atoms with Crippen molar-refractivity contribution in [3.05, 3.63) is 222 Å². The number of furan rings is 2. The molecule has 0 N–H and O–H groups in total. The van der Waals surface area contributed by atoms with Crippen molar-refractivity contribution in [1.29, 1.82) is 0 Å². The lowest BCUT2D eigenvalue weighted by atomic mass is 9.70. The molecule has 13 rings (SSSR count). The summed E-state index contributed by atoms with van der Waals surface area (Å²) < 4.78 is 13.4. The summed E-state index contributed by atoms with van der Waals surface area (Å²) in [7, 11) is 0. The minimum Gasteiger partial charge on any atom is -0.456 e. The third kappa shape index (κ3) is 4.07. The zero-order valence-electron chi connectivity index (χ0n) is 31.3. The van der Waals surface area contributed by atoms with Crippen LogP contribution in [0.4, 0.5) is 17.1 Å². The minimum atomic E-state index is -0.457. The second-order valence-corrected chi connectivity index (χ2v) is 15.5. The van der Waals surface area contributed by atoms with Gasteiger partial charge in [-0.05, 0) is 105 Å². The predicted octanol–water partition coefficient (Wildman–Crippen LogP) is 15.0. The molecule has 0 atom stereocenters. The topological polar surface area (TPSA) is 29.5 Å². The molecule has 2 aliphatic rings. The monoisotopic (exact) mass is 739 g/mol. The summed E-state index contributed by atoms with van der Waals surface area (Å²) in [5.41, 5.74) is 18.7. The molecule has 11 aromatic rings. The van der Waals surface area contributed by atoms with Gasteiger partial charge in [-0.1, -0.05) is 146 Å². The van der Waals surface area contributed by atoms with Crippen LogP contribution in [0.5, 0.6) is 0 Å². The zero-order chi connectivity index (χ0) is 38.0. The summed E-state index contributed by atoms with van der Waals surface area (Å²) in [6, 6.07) is 72.4. The van der Waals surface area contributed by atoms with Crippen molar-refractivity contribution in [1.82, 2.24) is 0 Å². The normalized spacial score (nSPS) is 13.3. The van der Waals surface area contributed by atoms with Crippen LogP contribution in [-0.2, 0) is 5.41 Å². The zero-order valence-corrected chi connectivity index (χ0v) is 31.3. The molecule has 9 aromatic carbocycles. The number of hydrogen-bond acceptors (Lipinski definition) is 3. The predicted molar refractivity (Wildman–Crippen MR) is 237 cm³/mol. The number of rotatable bonds is 4. The minimum absolute atomic E-state index is 0.457. The van der Waals surface area contributed by atoms with Crippen LogP contribution in [0.15, 0.2) is 209 Å². The Morgan fingerprint density at radius 3 is 1.60 bits per heavy atom. The highest BCUT2D eigenvalue weighted by Gasteiger charge is 2.51. The van der Waals surface area contributed by atoms with Crippen molar-refractivity contribution in [3.8, 4) is 33.4 Å². The van der Waals surface area contributed by atoms with E-state index < -0.39 is 5.41 Å². The summed E-state index contributed by atoms with van der Waals surface area (Å²) in [6.45, 7) is 0. The highest BCUT2D eigenvalue weighted by atomic mass is 16.3. The molecule has 0 unspecified atom stereocenters. The Labute approximate surface area is 334 Å². The molecule has 270 valence electrons. The third-order valence-electron chi connectivity index (χ3n) is 12.7. The number of benzene rings is 9. The maximum absolute atomic E-state index is 7.03. The average molecular weight is 740 g/mol. The molecule has 2 aliphatic carbocycles. The highest BCUT2D eigenvalue weighted by molar-refractivity contribution is 6.27. The van der Waals surface area contributed by atoms with E-state index in [2.05, 4.69) is 187 Å². The van der Waals surface area contributed by atoms with E-state index in [1.165, 1.54) is 44.5 Å². The highest BCUT2D eigenvalue weighted by Crippen LogP contribution is 2.63. The maximum Gasteiger partial charge on any atom is 0.145 e. The molecule has 0 aliphatic heterocycles. The molecule has 58 heavy (non-hydrogen) atoms. The number of hydrogen-bond donors (Lipinski definition) is 0. The third-order valence-corrected chi connectivity index (χ3v) is 12.7. The Bertz CT molecular complexity index is 3400. The molecule has 0 saturated carbocycles. The van der Waals surface area contributed by atoms with Gasteiger partial charge in [-0.2, -0.15) is 0 Å². The van der Waals surface area contributed by atoms with Crippen LogP contribution in [0.2, 0.25) is 0 Å². The second-order valence-electron chi connectivity index (χ2n) is 15.5. The average Bonchev–Trinajstić information content (AvgIpc) is 4.02. The fraction of sp³-hybridized carbons (Fsp3) is 0.0182. The quantitative estimate of drug-likeness (QED) is 0.180. The molecule has 0 saturated heterocycles. The lowest BCUT2D eigenvalue weighted by Gasteiger charge is -2.32. The maximum atomic E-state index is 7.03. The van der Waals surface area contributed by atoms with E-state index in [4.69, 9.17) is 8.83 Å². The second kappa shape index (κ2) is 11.7. The van der Waals surface area contributed by atoms with E-state index in [1.54, 1.807) is 0 Å². The van der Waals surface area contributed by atoms with Gasteiger partial charge in [0.25, 0.3) is 0 Å². The van der Waals surface area contributed by atoms with Crippen LogP contribution in [-0.4, -0.2) is 0 Å². The van der Waals surface area contributed by atoms with Crippen LogP contribution in [0.1, 0.15) is 22.3 Å². The molecule has 0 radical (unpaired) electrons. The molecule has 1 spiro atoms. The van der Waals surface area contributed by atoms with Crippen molar-refractivity contribution in [2.45, 2.75) is 5.41 Å². The summed E-state index contributed by atoms with van der Waals surface area (Å²) in [5.74, 6) is 0. The van der Waals surface area contributed by atoms with Gasteiger partial charge in [0, 0.05) is 38.5 Å². The lowest BCUT2D eigenvalue weighted by Crippen LogP contribution is -2.26. The number of nitrogens with zero attached hydrogens (tertiary/aromatic N) is 1. The molecular formula is C55H33NO2. The van der Waals surface area contributed by atoms with E-state index in [1.807, 2.05) is 18.2 Å². The molecule has 3 heteroatoms. The van der Waals surface area contributed by atoms with Gasteiger partial charge in [0.2, 0.25) is 0 Å². The Morgan fingerprint density at radius 1 is 0.362 bits per heavy atom. The first-order chi connectivity index (χ1) is 28.8. The van der Waals surface area contributed by atoms with E-state index in [0.717, 1.165) is 72.1 Å². The molecule has 0 fully saturated rings. The van der Waals surface area contributed by atoms with E-state index >= 15 is 0 Å². The van der Waals surface area contributed by atoms with Gasteiger partial charge in [0.1, 0.15) is 22.3 Å². The van der Waals surface area contributed by atoms with Crippen molar-refractivity contribution >= 4 is 60.9 Å². The van der Waals surface area contributed by atoms with E-state index in [9.17, 15) is 0 Å². The standard InChI is InChI=1S/C55H33NO2/c1-3-15-34(16-4-1)51-47(30-29-42-53-50(58-54(42)51)32-31-49-52(53)41-22-10-14-26-48(41)57-49)56(35-17-5-2-6-18-35)36-27-28-40-39-21-9-13-25-45(39)55(46(40)33-36)43-23-11-7-19-37(43)38-20-8-12-24-44(38)55/h1-33H. The van der Waals surface area contributed by atoms with Crippen LogP contribution < -0.4 is 4.90 Å². The van der Waals surface area contributed by atoms with Gasteiger partial charge in [-0.25, -0.2) is 0 Å². The first-order valence-electron chi connectivity index (χ1n) is 19.9. The Kier molecular flexibility index (Phi) is 6.37. The first-order valence-corrected chi connectivity index (χ1v) is 19.9. The van der Waals surface area contributed by atoms with Gasteiger partial charge in [-0.15, -0.1) is 0 Å². The fourth-order valence-corrected chi connectivity index (χ4v) is 10.4. The van der Waals surface area contributed by atoms with Crippen LogP contribution >= 0.6 is 0 Å². The molecule has 3 nitrogen and oxygen atoms in total. The molecule has 2 heterocycles. The molecule has 0 amide bonds. The van der Waals surface area contributed by atoms with Crippen LogP contribution in [0.3, 0.4) is 0 Å². The molecule has 0 bridgehead atoms. The number of fused-ring (bicyclic) bond motifs is 17. The Balaban J connectivity index is 1.12. The first kappa shape index (κ1) is 31.6. The Hall–Kier alpha value is -7.62. The number of anilines is 3. The van der Waals surface area contributed by atoms with Gasteiger partial charge >= 0.3 is 0 Å². The van der Waals surface area contributed by atoms with Crippen LogP contribution in [0.25, 0.3) is 77.3 Å². The fourth-order valence-electron chi connectivity index (χ4n) is 10.4. The van der Waals surface area contributed by atoms with Crippen molar-refractivity contribution < 1.29 is 8.83 Å². The SMILES string of the molecule is c1ccc(-c2c(N(c3ccccc3)c3ccc4c(c3)C3(c5ccccc5-c5ccccc53)c3ccccc3-4)ccc3c2oc2ccc4oc5ccccc5c4c23)cc1. The summed E-state index contributed by atoms with van der Waals surface area (Å²) in [6.07, 6.45) is 0.